The molecule has 0 bridgehead atoms. The Morgan fingerprint density at radius 3 is 2.43 bits per heavy atom. The maximum absolute atomic E-state index is 5.57. The number of hydrogen-bond acceptors (Lipinski definition) is 5. The molecule has 2 aromatic rings. The Balaban J connectivity index is 1.77. The van der Waals surface area contributed by atoms with E-state index in [2.05, 4.69) is 32.6 Å². The summed E-state index contributed by atoms with van der Waals surface area (Å²) in [6, 6.07) is 10.2. The van der Waals surface area contributed by atoms with E-state index in [1.807, 2.05) is 22.9 Å². The average Bonchev–Trinajstić information content (AvgIpc) is 3.14. The number of para-hydroxylation sites is 1. The number of tetrazole rings is 1. The molecule has 0 radical (unpaired) electrons. The Labute approximate surface area is 136 Å². The molecule has 1 aliphatic heterocycles. The minimum absolute atomic E-state index is 0.0542. The zero-order valence-corrected chi connectivity index (χ0v) is 13.4. The fourth-order valence-electron chi connectivity index (χ4n) is 4.03. The van der Waals surface area contributed by atoms with Gasteiger partial charge in [-0.1, -0.05) is 37.5 Å². The second kappa shape index (κ2) is 6.37. The summed E-state index contributed by atoms with van der Waals surface area (Å²) >= 11 is 0. The van der Waals surface area contributed by atoms with Crippen molar-refractivity contribution in [2.75, 3.05) is 26.3 Å². The third kappa shape index (κ3) is 2.66. The fourth-order valence-corrected chi connectivity index (χ4v) is 4.03. The third-order valence-electron chi connectivity index (χ3n) is 5.18. The molecule has 2 fully saturated rings. The van der Waals surface area contributed by atoms with Crippen molar-refractivity contribution in [1.29, 1.82) is 0 Å². The molecule has 6 nitrogen and oxygen atoms in total. The highest BCUT2D eigenvalue weighted by Crippen LogP contribution is 2.42. The Bertz CT molecular complexity index is 629. The highest BCUT2D eigenvalue weighted by molar-refractivity contribution is 5.32. The molecule has 1 saturated carbocycles. The van der Waals surface area contributed by atoms with E-state index >= 15 is 0 Å². The van der Waals surface area contributed by atoms with Crippen LogP contribution in [0.1, 0.15) is 37.9 Å². The van der Waals surface area contributed by atoms with Crippen molar-refractivity contribution in [3.63, 3.8) is 0 Å². The van der Waals surface area contributed by atoms with Gasteiger partial charge in [0.25, 0.3) is 0 Å². The van der Waals surface area contributed by atoms with Gasteiger partial charge < -0.3 is 4.74 Å². The van der Waals surface area contributed by atoms with Crippen LogP contribution in [0.15, 0.2) is 30.3 Å². The summed E-state index contributed by atoms with van der Waals surface area (Å²) in [6.45, 7) is 3.52. The SMILES string of the molecule is c1ccc(-n2nnnc2C2(N3CCOCC3)CCCCC2)cc1. The highest BCUT2D eigenvalue weighted by Gasteiger charge is 2.44. The van der Waals surface area contributed by atoms with Gasteiger partial charge in [-0.2, -0.15) is 4.68 Å². The Morgan fingerprint density at radius 2 is 1.70 bits per heavy atom. The van der Waals surface area contributed by atoms with E-state index in [9.17, 15) is 0 Å². The monoisotopic (exact) mass is 313 g/mol. The molecule has 2 heterocycles. The summed E-state index contributed by atoms with van der Waals surface area (Å²) in [5, 5.41) is 12.8. The fraction of sp³-hybridized carbons (Fsp3) is 0.588. The van der Waals surface area contributed by atoms with Crippen LogP contribution in [-0.2, 0) is 10.3 Å². The lowest BCUT2D eigenvalue weighted by Gasteiger charge is -2.46. The molecule has 6 heteroatoms. The van der Waals surface area contributed by atoms with Gasteiger partial charge in [0.05, 0.1) is 24.4 Å². The van der Waals surface area contributed by atoms with Gasteiger partial charge >= 0.3 is 0 Å². The summed E-state index contributed by atoms with van der Waals surface area (Å²) in [7, 11) is 0. The molecule has 0 spiro atoms. The predicted molar refractivity (Wildman–Crippen MR) is 86.3 cm³/mol. The van der Waals surface area contributed by atoms with Crippen LogP contribution < -0.4 is 0 Å². The normalized spacial score (nSPS) is 22.1. The molecule has 1 aliphatic carbocycles. The summed E-state index contributed by atoms with van der Waals surface area (Å²) < 4.78 is 7.50. The molecular weight excluding hydrogens is 290 g/mol. The first kappa shape index (κ1) is 14.8. The molecule has 0 N–H and O–H groups in total. The first-order valence-electron chi connectivity index (χ1n) is 8.57. The van der Waals surface area contributed by atoms with E-state index in [1.54, 1.807) is 0 Å². The number of ether oxygens (including phenoxy) is 1. The van der Waals surface area contributed by atoms with Crippen LogP contribution >= 0.6 is 0 Å². The van der Waals surface area contributed by atoms with E-state index in [4.69, 9.17) is 4.74 Å². The van der Waals surface area contributed by atoms with E-state index in [0.717, 1.165) is 50.7 Å². The van der Waals surface area contributed by atoms with Gasteiger partial charge in [-0.15, -0.1) is 5.10 Å². The number of benzene rings is 1. The van der Waals surface area contributed by atoms with Crippen LogP contribution in [0, 0.1) is 0 Å². The molecule has 1 saturated heterocycles. The maximum Gasteiger partial charge on any atom is 0.176 e. The molecule has 0 unspecified atom stereocenters. The van der Waals surface area contributed by atoms with Crippen LogP contribution in [-0.4, -0.2) is 51.4 Å². The zero-order chi connectivity index (χ0) is 15.5. The van der Waals surface area contributed by atoms with Crippen molar-refractivity contribution >= 4 is 0 Å². The van der Waals surface area contributed by atoms with Gasteiger partial charge in [-0.25, -0.2) is 0 Å². The van der Waals surface area contributed by atoms with Crippen LogP contribution in [0.4, 0.5) is 0 Å². The Morgan fingerprint density at radius 1 is 0.957 bits per heavy atom. The lowest BCUT2D eigenvalue weighted by molar-refractivity contribution is -0.0451. The van der Waals surface area contributed by atoms with Crippen molar-refractivity contribution < 1.29 is 4.74 Å². The summed E-state index contributed by atoms with van der Waals surface area (Å²) in [5.74, 6) is 0.991. The van der Waals surface area contributed by atoms with Gasteiger partial charge in [0.1, 0.15) is 0 Å². The standard InChI is InChI=1S/C17H23N5O/c1-3-7-15(8-4-1)22-16(18-19-20-22)17(9-5-2-6-10-17)21-11-13-23-14-12-21/h1,3-4,7-8H,2,5-6,9-14H2. The van der Waals surface area contributed by atoms with E-state index in [0.29, 0.717) is 0 Å². The third-order valence-corrected chi connectivity index (χ3v) is 5.18. The molecule has 1 aromatic heterocycles. The van der Waals surface area contributed by atoms with Crippen molar-refractivity contribution in [2.45, 2.75) is 37.6 Å². The van der Waals surface area contributed by atoms with Crippen molar-refractivity contribution in [3.8, 4) is 5.69 Å². The number of aromatic nitrogens is 4. The predicted octanol–water partition coefficient (Wildman–Crippen LogP) is 2.15. The van der Waals surface area contributed by atoms with Crippen LogP contribution in [0.25, 0.3) is 5.69 Å². The zero-order valence-electron chi connectivity index (χ0n) is 13.4. The van der Waals surface area contributed by atoms with Gasteiger partial charge in [-0.05, 0) is 35.4 Å². The van der Waals surface area contributed by atoms with Crippen LogP contribution in [0.3, 0.4) is 0 Å². The lowest BCUT2D eigenvalue weighted by atomic mass is 9.79. The Hall–Kier alpha value is -1.79. The Kier molecular flexibility index (Phi) is 4.10. The quantitative estimate of drug-likeness (QED) is 0.869. The summed E-state index contributed by atoms with van der Waals surface area (Å²) in [4.78, 5) is 2.56. The van der Waals surface area contributed by atoms with Gasteiger partial charge in [0, 0.05) is 13.1 Å². The number of rotatable bonds is 3. The van der Waals surface area contributed by atoms with Crippen molar-refractivity contribution in [1.82, 2.24) is 25.1 Å². The number of nitrogens with zero attached hydrogens (tertiary/aromatic N) is 5. The minimum atomic E-state index is -0.0542. The summed E-state index contributed by atoms with van der Waals surface area (Å²) in [5.41, 5.74) is 0.979. The number of hydrogen-bond donors (Lipinski definition) is 0. The molecule has 122 valence electrons. The largest absolute Gasteiger partial charge is 0.379 e. The molecule has 4 rings (SSSR count). The highest BCUT2D eigenvalue weighted by atomic mass is 16.5. The van der Waals surface area contributed by atoms with E-state index in [-0.39, 0.29) is 5.54 Å². The summed E-state index contributed by atoms with van der Waals surface area (Å²) in [6.07, 6.45) is 6.03. The average molecular weight is 313 g/mol. The molecular formula is C17H23N5O. The first-order valence-corrected chi connectivity index (χ1v) is 8.57. The lowest BCUT2D eigenvalue weighted by Crippen LogP contribution is -2.53. The van der Waals surface area contributed by atoms with E-state index < -0.39 is 0 Å². The molecule has 23 heavy (non-hydrogen) atoms. The first-order chi connectivity index (χ1) is 11.4. The molecule has 0 amide bonds. The molecule has 2 aliphatic rings. The van der Waals surface area contributed by atoms with Gasteiger partial charge in [0.15, 0.2) is 5.82 Å². The molecule has 1 aromatic carbocycles. The smallest absolute Gasteiger partial charge is 0.176 e. The van der Waals surface area contributed by atoms with Gasteiger partial charge in [0.2, 0.25) is 0 Å². The van der Waals surface area contributed by atoms with Crippen molar-refractivity contribution in [2.24, 2.45) is 0 Å². The second-order valence-corrected chi connectivity index (χ2v) is 6.44. The second-order valence-electron chi connectivity index (χ2n) is 6.44. The molecule has 0 atom stereocenters. The maximum atomic E-state index is 5.57. The van der Waals surface area contributed by atoms with Crippen LogP contribution in [0.2, 0.25) is 0 Å². The topological polar surface area (TPSA) is 56.1 Å². The minimum Gasteiger partial charge on any atom is -0.379 e. The van der Waals surface area contributed by atoms with Crippen LogP contribution in [0.5, 0.6) is 0 Å². The van der Waals surface area contributed by atoms with Crippen molar-refractivity contribution in [3.05, 3.63) is 36.2 Å². The number of morpholine rings is 1. The van der Waals surface area contributed by atoms with E-state index in [1.165, 1.54) is 19.3 Å². The van der Waals surface area contributed by atoms with Gasteiger partial charge in [-0.3, -0.25) is 4.90 Å².